The summed E-state index contributed by atoms with van der Waals surface area (Å²) in [5.74, 6) is -0.165. The van der Waals surface area contributed by atoms with Gasteiger partial charge in [0.1, 0.15) is 0 Å². The number of esters is 1. The number of hydrogen-bond acceptors (Lipinski definition) is 2. The summed E-state index contributed by atoms with van der Waals surface area (Å²) < 4.78 is 4.92. The molecule has 0 aliphatic rings. The van der Waals surface area contributed by atoms with Crippen molar-refractivity contribution in [1.29, 1.82) is 0 Å². The number of hydrogen-bond donors (Lipinski definition) is 0. The number of carbonyl (C=O) groups is 1. The van der Waals surface area contributed by atoms with Crippen molar-refractivity contribution in [3.8, 4) is 0 Å². The maximum Gasteiger partial charge on any atom is 0.309 e. The molecule has 0 spiro atoms. The van der Waals surface area contributed by atoms with Crippen LogP contribution in [0.3, 0.4) is 0 Å². The van der Waals surface area contributed by atoms with Crippen LogP contribution in [0.1, 0.15) is 39.0 Å². The number of unbranched alkanes of at least 4 members (excludes halogenated alkanes) is 3. The molecule has 0 atom stereocenters. The van der Waals surface area contributed by atoms with Crippen molar-refractivity contribution in [3.05, 3.63) is 12.7 Å². The highest BCUT2D eigenvalue weighted by atomic mass is 16.5. The molecule has 0 rings (SSSR count). The molecule has 0 aliphatic heterocycles. The minimum Gasteiger partial charge on any atom is -0.465 e. The lowest BCUT2D eigenvalue weighted by Gasteiger charge is -2.01. The van der Waals surface area contributed by atoms with Crippen LogP contribution in [0.15, 0.2) is 12.7 Å². The zero-order valence-electron chi connectivity index (χ0n) is 7.84. The fourth-order valence-electron chi connectivity index (χ4n) is 0.892. The van der Waals surface area contributed by atoms with Gasteiger partial charge in [-0.25, -0.2) is 0 Å². The SMILES string of the molecule is C=CCC(=O)OCCCCCC. The Morgan fingerprint density at radius 3 is 2.75 bits per heavy atom. The molecule has 0 unspecified atom stereocenters. The molecule has 70 valence electrons. The Bertz CT molecular complexity index is 130. The Morgan fingerprint density at radius 1 is 1.42 bits per heavy atom. The molecular formula is C10H18O2. The molecule has 0 radical (unpaired) electrons. The number of carbonyl (C=O) groups excluding carboxylic acids is 1. The summed E-state index contributed by atoms with van der Waals surface area (Å²) >= 11 is 0. The van der Waals surface area contributed by atoms with E-state index in [1.54, 1.807) is 6.08 Å². The highest BCUT2D eigenvalue weighted by Crippen LogP contribution is 1.99. The summed E-state index contributed by atoms with van der Waals surface area (Å²) in [6, 6.07) is 0. The average molecular weight is 170 g/mol. The first-order valence-electron chi connectivity index (χ1n) is 4.57. The van der Waals surface area contributed by atoms with Crippen molar-refractivity contribution >= 4 is 5.97 Å². The third-order valence-corrected chi connectivity index (χ3v) is 1.57. The van der Waals surface area contributed by atoms with Crippen molar-refractivity contribution in [2.45, 2.75) is 39.0 Å². The summed E-state index contributed by atoms with van der Waals surface area (Å²) in [6.07, 6.45) is 6.45. The average Bonchev–Trinajstić information content (AvgIpc) is 2.05. The Hall–Kier alpha value is -0.790. The lowest BCUT2D eigenvalue weighted by molar-refractivity contribution is -0.142. The van der Waals surface area contributed by atoms with Crippen molar-refractivity contribution in [3.63, 3.8) is 0 Å². The van der Waals surface area contributed by atoms with E-state index in [0.29, 0.717) is 13.0 Å². The fraction of sp³-hybridized carbons (Fsp3) is 0.700. The molecule has 0 fully saturated rings. The molecule has 2 nitrogen and oxygen atoms in total. The van der Waals surface area contributed by atoms with Crippen LogP contribution in [-0.2, 0) is 9.53 Å². The lowest BCUT2D eigenvalue weighted by atomic mass is 10.2. The van der Waals surface area contributed by atoms with Crippen LogP contribution in [0, 0.1) is 0 Å². The third-order valence-electron chi connectivity index (χ3n) is 1.57. The molecule has 0 saturated carbocycles. The minimum atomic E-state index is -0.165. The molecule has 2 heteroatoms. The maximum atomic E-state index is 10.8. The summed E-state index contributed by atoms with van der Waals surface area (Å²) in [5, 5.41) is 0. The van der Waals surface area contributed by atoms with Gasteiger partial charge in [-0.2, -0.15) is 0 Å². The summed E-state index contributed by atoms with van der Waals surface area (Å²) in [4.78, 5) is 10.8. The maximum absolute atomic E-state index is 10.8. The number of ether oxygens (including phenoxy) is 1. The van der Waals surface area contributed by atoms with E-state index in [2.05, 4.69) is 13.5 Å². The second-order valence-electron chi connectivity index (χ2n) is 2.77. The molecule has 0 amide bonds. The van der Waals surface area contributed by atoms with Crippen molar-refractivity contribution in [1.82, 2.24) is 0 Å². The van der Waals surface area contributed by atoms with Crippen LogP contribution in [0.2, 0.25) is 0 Å². The van der Waals surface area contributed by atoms with Gasteiger partial charge in [-0.1, -0.05) is 32.3 Å². The predicted octanol–water partition coefficient (Wildman–Crippen LogP) is 2.69. The molecule has 0 aliphatic carbocycles. The Balaban J connectivity index is 3.08. The van der Waals surface area contributed by atoms with Crippen LogP contribution in [0.4, 0.5) is 0 Å². The highest BCUT2D eigenvalue weighted by molar-refractivity contribution is 5.70. The van der Waals surface area contributed by atoms with Crippen LogP contribution < -0.4 is 0 Å². The van der Waals surface area contributed by atoms with E-state index in [1.165, 1.54) is 12.8 Å². The topological polar surface area (TPSA) is 26.3 Å². The molecule has 12 heavy (non-hydrogen) atoms. The van der Waals surface area contributed by atoms with E-state index < -0.39 is 0 Å². The van der Waals surface area contributed by atoms with Gasteiger partial charge in [0, 0.05) is 0 Å². The van der Waals surface area contributed by atoms with Gasteiger partial charge in [0.15, 0.2) is 0 Å². The third kappa shape index (κ3) is 7.32. The zero-order chi connectivity index (χ0) is 9.23. The first-order chi connectivity index (χ1) is 5.81. The van der Waals surface area contributed by atoms with Gasteiger partial charge in [-0.05, 0) is 6.42 Å². The summed E-state index contributed by atoms with van der Waals surface area (Å²) in [6.45, 7) is 6.18. The highest BCUT2D eigenvalue weighted by Gasteiger charge is 1.97. The lowest BCUT2D eigenvalue weighted by Crippen LogP contribution is -2.03. The Labute approximate surface area is 74.6 Å². The molecule has 0 N–H and O–H groups in total. The molecule has 0 aromatic heterocycles. The molecule has 0 aromatic carbocycles. The van der Waals surface area contributed by atoms with E-state index >= 15 is 0 Å². The summed E-state index contributed by atoms with van der Waals surface area (Å²) in [7, 11) is 0. The van der Waals surface area contributed by atoms with Crippen molar-refractivity contribution in [2.75, 3.05) is 6.61 Å². The fourth-order valence-corrected chi connectivity index (χ4v) is 0.892. The van der Waals surface area contributed by atoms with Gasteiger partial charge < -0.3 is 4.74 Å². The first-order valence-corrected chi connectivity index (χ1v) is 4.57. The molecule has 0 heterocycles. The van der Waals surface area contributed by atoms with Gasteiger partial charge >= 0.3 is 5.97 Å². The smallest absolute Gasteiger partial charge is 0.309 e. The van der Waals surface area contributed by atoms with E-state index in [9.17, 15) is 4.79 Å². The van der Waals surface area contributed by atoms with E-state index in [4.69, 9.17) is 4.74 Å². The Morgan fingerprint density at radius 2 is 2.17 bits per heavy atom. The van der Waals surface area contributed by atoms with Gasteiger partial charge in [-0.3, -0.25) is 4.79 Å². The van der Waals surface area contributed by atoms with Gasteiger partial charge in [0.25, 0.3) is 0 Å². The quantitative estimate of drug-likeness (QED) is 0.333. The zero-order valence-corrected chi connectivity index (χ0v) is 7.84. The Kier molecular flexibility index (Phi) is 7.76. The second kappa shape index (κ2) is 8.31. The monoisotopic (exact) mass is 170 g/mol. The normalized spacial score (nSPS) is 9.42. The minimum absolute atomic E-state index is 0.165. The standard InChI is InChI=1S/C10H18O2/c1-3-5-6-7-9-12-10(11)8-4-2/h4H,2-3,5-9H2,1H3. The molecule has 0 aromatic rings. The molecular weight excluding hydrogens is 152 g/mol. The van der Waals surface area contributed by atoms with Crippen molar-refractivity contribution in [2.24, 2.45) is 0 Å². The molecule has 0 bridgehead atoms. The van der Waals surface area contributed by atoms with Gasteiger partial charge in [0.2, 0.25) is 0 Å². The first kappa shape index (κ1) is 11.2. The van der Waals surface area contributed by atoms with E-state index in [-0.39, 0.29) is 5.97 Å². The second-order valence-corrected chi connectivity index (χ2v) is 2.77. The van der Waals surface area contributed by atoms with Crippen LogP contribution in [0.5, 0.6) is 0 Å². The van der Waals surface area contributed by atoms with E-state index in [1.807, 2.05) is 0 Å². The largest absolute Gasteiger partial charge is 0.465 e. The van der Waals surface area contributed by atoms with E-state index in [0.717, 1.165) is 12.8 Å². The van der Waals surface area contributed by atoms with Crippen LogP contribution >= 0.6 is 0 Å². The van der Waals surface area contributed by atoms with Gasteiger partial charge in [0.05, 0.1) is 13.0 Å². The van der Waals surface area contributed by atoms with Crippen LogP contribution in [-0.4, -0.2) is 12.6 Å². The summed E-state index contributed by atoms with van der Waals surface area (Å²) in [5.41, 5.74) is 0. The van der Waals surface area contributed by atoms with Crippen molar-refractivity contribution < 1.29 is 9.53 Å². The molecule has 0 saturated heterocycles. The predicted molar refractivity (Wildman–Crippen MR) is 49.9 cm³/mol. The number of rotatable bonds is 7. The van der Waals surface area contributed by atoms with Gasteiger partial charge in [-0.15, -0.1) is 6.58 Å². The van der Waals surface area contributed by atoms with Crippen LogP contribution in [0.25, 0.3) is 0 Å².